The molecular weight excluding hydrogens is 444 g/mol. The second-order valence-corrected chi connectivity index (χ2v) is 9.16. The van der Waals surface area contributed by atoms with Crippen LogP contribution in [0.25, 0.3) is 11.0 Å². The Hall–Kier alpha value is -3.33. The van der Waals surface area contributed by atoms with Crippen LogP contribution in [0.2, 0.25) is 0 Å². The molecule has 1 N–H and O–H groups in total. The number of nitrogens with zero attached hydrogens (tertiary/aromatic N) is 1. The number of hydrogen-bond acceptors (Lipinski definition) is 7. The van der Waals surface area contributed by atoms with E-state index in [-0.39, 0.29) is 17.1 Å². The number of ether oxygens (including phenoxy) is 1. The molecule has 8 nitrogen and oxygen atoms in total. The summed E-state index contributed by atoms with van der Waals surface area (Å²) in [6, 6.07) is 13.2. The maximum absolute atomic E-state index is 12.8. The van der Waals surface area contributed by atoms with Gasteiger partial charge in [0.1, 0.15) is 11.3 Å². The van der Waals surface area contributed by atoms with E-state index in [1.54, 1.807) is 12.1 Å². The van der Waals surface area contributed by atoms with Gasteiger partial charge in [-0.15, -0.1) is 0 Å². The normalized spacial score (nSPS) is 14.2. The first-order valence-corrected chi connectivity index (χ1v) is 11.9. The number of para-hydroxylation sites is 3. The molecule has 4 rings (SSSR count). The summed E-state index contributed by atoms with van der Waals surface area (Å²) >= 11 is 1.82. The summed E-state index contributed by atoms with van der Waals surface area (Å²) < 4.78 is 11.0. The van der Waals surface area contributed by atoms with Gasteiger partial charge in [-0.05, 0) is 25.0 Å². The maximum atomic E-state index is 12.8. The standard InChI is InChI=1S/C24H24N2O6S/c27-22(25-19-11-5-6-12-20(19)26(29)30)14-31-24(28)23-18(15-33-16-8-2-1-3-9-16)17-10-4-7-13-21(17)32-23/h4-7,10-13,16H,1-3,8-9,14-15H2,(H,25,27). The summed E-state index contributed by atoms with van der Waals surface area (Å²) in [6.45, 7) is -0.586. The number of benzene rings is 2. The van der Waals surface area contributed by atoms with Gasteiger partial charge in [-0.1, -0.05) is 49.6 Å². The number of anilines is 1. The van der Waals surface area contributed by atoms with E-state index < -0.39 is 23.4 Å². The van der Waals surface area contributed by atoms with Gasteiger partial charge in [-0.3, -0.25) is 14.9 Å². The SMILES string of the molecule is O=C(COC(=O)c1oc2ccccc2c1CSC1CCCCC1)Nc1ccccc1[N+](=O)[O-]. The Labute approximate surface area is 194 Å². The molecule has 1 aromatic heterocycles. The minimum Gasteiger partial charge on any atom is -0.450 e. The summed E-state index contributed by atoms with van der Waals surface area (Å²) in [5.41, 5.74) is 1.16. The van der Waals surface area contributed by atoms with Crippen LogP contribution < -0.4 is 5.32 Å². The van der Waals surface area contributed by atoms with E-state index >= 15 is 0 Å². The molecule has 1 heterocycles. The molecule has 9 heteroatoms. The number of hydrogen-bond donors (Lipinski definition) is 1. The molecule has 0 bridgehead atoms. The first-order chi connectivity index (χ1) is 16.0. The number of nitrogens with one attached hydrogen (secondary N) is 1. The summed E-state index contributed by atoms with van der Waals surface area (Å²) in [5, 5.41) is 14.9. The van der Waals surface area contributed by atoms with Gasteiger partial charge in [0.2, 0.25) is 5.76 Å². The average molecular weight is 469 g/mol. The van der Waals surface area contributed by atoms with Crippen molar-refractivity contribution in [2.24, 2.45) is 0 Å². The largest absolute Gasteiger partial charge is 0.450 e. The number of carbonyl (C=O) groups is 2. The van der Waals surface area contributed by atoms with Gasteiger partial charge < -0.3 is 14.5 Å². The number of carbonyl (C=O) groups excluding carboxylic acids is 2. The van der Waals surface area contributed by atoms with Crippen molar-refractivity contribution in [1.29, 1.82) is 0 Å². The Balaban J connectivity index is 1.44. The Morgan fingerprint density at radius 1 is 1.09 bits per heavy atom. The third-order valence-electron chi connectivity index (χ3n) is 5.61. The van der Waals surface area contributed by atoms with Crippen molar-refractivity contribution < 1.29 is 23.7 Å². The van der Waals surface area contributed by atoms with Crippen LogP contribution >= 0.6 is 11.8 Å². The second kappa shape index (κ2) is 10.5. The number of fused-ring (bicyclic) bond motifs is 1. The Bertz CT molecular complexity index is 1170. The van der Waals surface area contributed by atoms with E-state index in [1.165, 1.54) is 50.3 Å². The zero-order valence-corrected chi connectivity index (χ0v) is 18.8. The van der Waals surface area contributed by atoms with Crippen molar-refractivity contribution in [3.63, 3.8) is 0 Å². The molecule has 3 aromatic rings. The second-order valence-electron chi connectivity index (χ2n) is 7.88. The molecule has 0 unspecified atom stereocenters. The van der Waals surface area contributed by atoms with Crippen LogP contribution in [-0.2, 0) is 15.3 Å². The van der Waals surface area contributed by atoms with E-state index in [9.17, 15) is 19.7 Å². The van der Waals surface area contributed by atoms with Crippen molar-refractivity contribution in [3.8, 4) is 0 Å². The number of rotatable bonds is 8. The van der Waals surface area contributed by atoms with Gasteiger partial charge in [-0.25, -0.2) is 4.79 Å². The molecular formula is C24H24N2O6S. The number of nitro benzene ring substituents is 1. The van der Waals surface area contributed by atoms with Crippen LogP contribution in [0, 0.1) is 10.1 Å². The summed E-state index contributed by atoms with van der Waals surface area (Å²) in [5.74, 6) is -0.692. The molecule has 0 spiro atoms. The Morgan fingerprint density at radius 2 is 1.82 bits per heavy atom. The maximum Gasteiger partial charge on any atom is 0.375 e. The van der Waals surface area contributed by atoms with Crippen LogP contribution in [0.15, 0.2) is 52.9 Å². The topological polar surface area (TPSA) is 112 Å². The lowest BCUT2D eigenvalue weighted by Crippen LogP contribution is -2.21. The Morgan fingerprint density at radius 3 is 2.61 bits per heavy atom. The highest BCUT2D eigenvalue weighted by Gasteiger charge is 2.24. The molecule has 1 aliphatic rings. The molecule has 0 radical (unpaired) electrons. The lowest BCUT2D eigenvalue weighted by Gasteiger charge is -2.20. The Kier molecular flexibility index (Phi) is 7.29. The number of esters is 1. The van der Waals surface area contributed by atoms with Crippen LogP contribution in [0.3, 0.4) is 0 Å². The van der Waals surface area contributed by atoms with E-state index in [1.807, 2.05) is 30.0 Å². The van der Waals surface area contributed by atoms with Crippen molar-refractivity contribution in [2.75, 3.05) is 11.9 Å². The third-order valence-corrected chi connectivity index (χ3v) is 7.01. The molecule has 0 saturated heterocycles. The van der Waals surface area contributed by atoms with Crippen LogP contribution in [-0.4, -0.2) is 28.7 Å². The molecule has 0 atom stereocenters. The fraction of sp³-hybridized carbons (Fsp3) is 0.333. The van der Waals surface area contributed by atoms with Crippen LogP contribution in [0.1, 0.15) is 48.2 Å². The summed E-state index contributed by atoms with van der Waals surface area (Å²) in [6.07, 6.45) is 6.08. The zero-order valence-electron chi connectivity index (χ0n) is 18.0. The molecule has 1 saturated carbocycles. The van der Waals surface area contributed by atoms with Crippen molar-refractivity contribution in [2.45, 2.75) is 43.1 Å². The number of nitro groups is 1. The first-order valence-electron chi connectivity index (χ1n) is 10.9. The number of thioether (sulfide) groups is 1. The molecule has 2 aromatic carbocycles. The molecule has 33 heavy (non-hydrogen) atoms. The number of amides is 1. The molecule has 0 aliphatic heterocycles. The van der Waals surface area contributed by atoms with Crippen molar-refractivity contribution in [1.82, 2.24) is 0 Å². The summed E-state index contributed by atoms with van der Waals surface area (Å²) in [4.78, 5) is 35.6. The van der Waals surface area contributed by atoms with Crippen molar-refractivity contribution in [3.05, 3.63) is 70.0 Å². The van der Waals surface area contributed by atoms with Gasteiger partial charge in [0.05, 0.1) is 4.92 Å². The average Bonchev–Trinajstić information content (AvgIpc) is 3.21. The fourth-order valence-corrected chi connectivity index (χ4v) is 5.32. The van der Waals surface area contributed by atoms with E-state index in [0.717, 1.165) is 10.9 Å². The predicted molar refractivity (Wildman–Crippen MR) is 126 cm³/mol. The fourth-order valence-electron chi connectivity index (χ4n) is 3.96. The van der Waals surface area contributed by atoms with Crippen LogP contribution in [0.4, 0.5) is 11.4 Å². The molecule has 1 amide bonds. The van der Waals surface area contributed by atoms with E-state index in [4.69, 9.17) is 9.15 Å². The predicted octanol–water partition coefficient (Wildman–Crippen LogP) is 5.70. The molecule has 172 valence electrons. The van der Waals surface area contributed by atoms with Crippen molar-refractivity contribution >= 4 is 46.0 Å². The van der Waals surface area contributed by atoms with Gasteiger partial charge in [0, 0.05) is 28.0 Å². The van der Waals surface area contributed by atoms with E-state index in [2.05, 4.69) is 5.32 Å². The van der Waals surface area contributed by atoms with Gasteiger partial charge in [0.15, 0.2) is 6.61 Å². The van der Waals surface area contributed by atoms with Crippen LogP contribution in [0.5, 0.6) is 0 Å². The first kappa shape index (κ1) is 22.8. The highest BCUT2D eigenvalue weighted by Crippen LogP contribution is 2.35. The molecule has 1 aliphatic carbocycles. The highest BCUT2D eigenvalue weighted by molar-refractivity contribution is 7.99. The minimum atomic E-state index is -0.733. The monoisotopic (exact) mass is 468 g/mol. The van der Waals surface area contributed by atoms with Gasteiger partial charge in [0.25, 0.3) is 11.6 Å². The zero-order chi connectivity index (χ0) is 23.2. The van der Waals surface area contributed by atoms with Gasteiger partial charge >= 0.3 is 5.97 Å². The molecule has 1 fully saturated rings. The quantitative estimate of drug-likeness (QED) is 0.256. The number of furan rings is 1. The van der Waals surface area contributed by atoms with Gasteiger partial charge in [-0.2, -0.15) is 11.8 Å². The smallest absolute Gasteiger partial charge is 0.375 e. The van der Waals surface area contributed by atoms with E-state index in [0.29, 0.717) is 16.6 Å². The summed E-state index contributed by atoms with van der Waals surface area (Å²) in [7, 11) is 0. The third kappa shape index (κ3) is 5.54. The highest BCUT2D eigenvalue weighted by atomic mass is 32.2. The lowest BCUT2D eigenvalue weighted by molar-refractivity contribution is -0.383. The minimum absolute atomic E-state index is 0.0388. The lowest BCUT2D eigenvalue weighted by atomic mass is 10.0.